The van der Waals surface area contributed by atoms with Crippen LogP contribution < -0.4 is 5.69 Å². The highest BCUT2D eigenvalue weighted by atomic mass is 16.2. The first-order valence-electron chi connectivity index (χ1n) is 6.46. The summed E-state index contributed by atoms with van der Waals surface area (Å²) in [4.78, 5) is 30.3. The average molecular weight is 260 g/mol. The molecule has 3 rings (SSSR count). The van der Waals surface area contributed by atoms with Crippen molar-refractivity contribution in [1.82, 2.24) is 19.0 Å². The summed E-state index contributed by atoms with van der Waals surface area (Å²) in [6.45, 7) is 1.70. The number of imidazole rings is 1. The molecule has 6 nitrogen and oxygen atoms in total. The highest BCUT2D eigenvalue weighted by Gasteiger charge is 2.20. The molecule has 6 heteroatoms. The van der Waals surface area contributed by atoms with Crippen LogP contribution in [-0.4, -0.2) is 38.0 Å². The molecule has 0 aliphatic carbocycles. The van der Waals surface area contributed by atoms with E-state index >= 15 is 0 Å². The van der Waals surface area contributed by atoms with Crippen molar-refractivity contribution in [2.24, 2.45) is 7.05 Å². The van der Waals surface area contributed by atoms with Crippen LogP contribution in [0.25, 0.3) is 11.2 Å². The minimum Gasteiger partial charge on any atom is -0.341 e. The molecule has 1 fully saturated rings. The predicted molar refractivity (Wildman–Crippen MR) is 70.8 cm³/mol. The normalized spacial score (nSPS) is 15.3. The summed E-state index contributed by atoms with van der Waals surface area (Å²) in [6.07, 6.45) is 3.75. The van der Waals surface area contributed by atoms with Crippen molar-refractivity contribution in [2.45, 2.75) is 19.4 Å². The minimum atomic E-state index is -0.193. The number of aromatic nitrogens is 3. The van der Waals surface area contributed by atoms with E-state index in [9.17, 15) is 9.59 Å². The van der Waals surface area contributed by atoms with Crippen molar-refractivity contribution in [3.05, 3.63) is 28.8 Å². The number of hydrogen-bond donors (Lipinski definition) is 0. The van der Waals surface area contributed by atoms with Crippen LogP contribution in [0.4, 0.5) is 0 Å². The maximum atomic E-state index is 12.2. The third kappa shape index (κ3) is 1.93. The Morgan fingerprint density at radius 1 is 1.37 bits per heavy atom. The number of pyridine rings is 1. The van der Waals surface area contributed by atoms with Gasteiger partial charge in [-0.3, -0.25) is 13.9 Å². The molecule has 0 N–H and O–H groups in total. The van der Waals surface area contributed by atoms with E-state index in [1.807, 2.05) is 11.0 Å². The van der Waals surface area contributed by atoms with Crippen LogP contribution in [-0.2, 0) is 18.4 Å². The number of rotatable bonds is 2. The van der Waals surface area contributed by atoms with E-state index in [2.05, 4.69) is 4.98 Å². The first kappa shape index (κ1) is 12.0. The van der Waals surface area contributed by atoms with E-state index in [4.69, 9.17) is 0 Å². The van der Waals surface area contributed by atoms with E-state index in [-0.39, 0.29) is 18.1 Å². The molecule has 100 valence electrons. The molecular weight excluding hydrogens is 244 g/mol. The summed E-state index contributed by atoms with van der Waals surface area (Å²) >= 11 is 0. The fraction of sp³-hybridized carbons (Fsp3) is 0.462. The van der Waals surface area contributed by atoms with E-state index < -0.39 is 0 Å². The quantitative estimate of drug-likeness (QED) is 0.783. The van der Waals surface area contributed by atoms with Gasteiger partial charge in [0.1, 0.15) is 6.54 Å². The van der Waals surface area contributed by atoms with Crippen LogP contribution in [0.1, 0.15) is 12.8 Å². The lowest BCUT2D eigenvalue weighted by Crippen LogP contribution is -2.34. The third-order valence-corrected chi connectivity index (χ3v) is 3.64. The predicted octanol–water partition coefficient (Wildman–Crippen LogP) is 0.357. The number of fused-ring (bicyclic) bond motifs is 1. The molecule has 0 radical (unpaired) electrons. The molecular formula is C13H16N4O2. The molecule has 1 saturated heterocycles. The Hall–Kier alpha value is -2.11. The SMILES string of the molecule is Cn1c(=O)n(CC(=O)N2CCCC2)c2cccnc21. The van der Waals surface area contributed by atoms with Gasteiger partial charge >= 0.3 is 5.69 Å². The minimum absolute atomic E-state index is 0.0101. The number of nitrogens with zero attached hydrogens (tertiary/aromatic N) is 4. The summed E-state index contributed by atoms with van der Waals surface area (Å²) in [7, 11) is 1.68. The molecule has 2 aromatic heterocycles. The van der Waals surface area contributed by atoms with Crippen LogP contribution in [0.15, 0.2) is 23.1 Å². The Labute approximate surface area is 110 Å². The summed E-state index contributed by atoms with van der Waals surface area (Å²) < 4.78 is 2.98. The summed E-state index contributed by atoms with van der Waals surface area (Å²) in [5.74, 6) is 0.0101. The van der Waals surface area contributed by atoms with Crippen molar-refractivity contribution in [2.75, 3.05) is 13.1 Å². The molecule has 1 aliphatic rings. The zero-order valence-electron chi connectivity index (χ0n) is 10.9. The van der Waals surface area contributed by atoms with Crippen LogP contribution in [0.2, 0.25) is 0 Å². The Morgan fingerprint density at radius 3 is 2.84 bits per heavy atom. The largest absolute Gasteiger partial charge is 0.341 e. The lowest BCUT2D eigenvalue weighted by atomic mass is 10.4. The molecule has 2 aromatic rings. The van der Waals surface area contributed by atoms with Gasteiger partial charge in [0.05, 0.1) is 5.52 Å². The Morgan fingerprint density at radius 2 is 2.11 bits per heavy atom. The van der Waals surface area contributed by atoms with Gasteiger partial charge in [0, 0.05) is 26.3 Å². The van der Waals surface area contributed by atoms with E-state index in [0.717, 1.165) is 25.9 Å². The van der Waals surface area contributed by atoms with Crippen molar-refractivity contribution >= 4 is 17.1 Å². The van der Waals surface area contributed by atoms with Gasteiger partial charge in [-0.25, -0.2) is 9.78 Å². The Bertz CT molecular complexity index is 679. The second kappa shape index (κ2) is 4.53. The maximum absolute atomic E-state index is 12.2. The molecule has 0 aromatic carbocycles. The second-order valence-corrected chi connectivity index (χ2v) is 4.86. The number of hydrogen-bond acceptors (Lipinski definition) is 3. The van der Waals surface area contributed by atoms with Gasteiger partial charge in [0.25, 0.3) is 0 Å². The second-order valence-electron chi connectivity index (χ2n) is 4.86. The van der Waals surface area contributed by atoms with Crippen molar-refractivity contribution in [3.8, 4) is 0 Å². The van der Waals surface area contributed by atoms with Gasteiger partial charge in [-0.15, -0.1) is 0 Å². The molecule has 19 heavy (non-hydrogen) atoms. The van der Waals surface area contributed by atoms with E-state index in [1.165, 1.54) is 9.13 Å². The van der Waals surface area contributed by atoms with Crippen molar-refractivity contribution in [3.63, 3.8) is 0 Å². The number of carbonyl (C=O) groups is 1. The highest BCUT2D eigenvalue weighted by molar-refractivity contribution is 5.79. The lowest BCUT2D eigenvalue weighted by Gasteiger charge is -2.15. The van der Waals surface area contributed by atoms with Crippen molar-refractivity contribution < 1.29 is 4.79 Å². The standard InChI is InChI=1S/C13H16N4O2/c1-15-12-10(5-4-6-14-12)17(13(15)19)9-11(18)16-7-2-3-8-16/h4-6H,2-3,7-9H2,1H3. The highest BCUT2D eigenvalue weighted by Crippen LogP contribution is 2.11. The fourth-order valence-corrected chi connectivity index (χ4v) is 2.59. The van der Waals surface area contributed by atoms with Crippen LogP contribution in [0.5, 0.6) is 0 Å². The van der Waals surface area contributed by atoms with Gasteiger partial charge in [0.15, 0.2) is 5.65 Å². The van der Waals surface area contributed by atoms with E-state index in [0.29, 0.717) is 11.2 Å². The third-order valence-electron chi connectivity index (χ3n) is 3.64. The average Bonchev–Trinajstić information content (AvgIpc) is 3.03. The first-order chi connectivity index (χ1) is 9.18. The Balaban J connectivity index is 1.98. The molecule has 0 saturated carbocycles. The molecule has 3 heterocycles. The smallest absolute Gasteiger partial charge is 0.330 e. The van der Waals surface area contributed by atoms with Gasteiger partial charge in [-0.05, 0) is 25.0 Å². The van der Waals surface area contributed by atoms with Crippen LogP contribution >= 0.6 is 0 Å². The monoisotopic (exact) mass is 260 g/mol. The van der Waals surface area contributed by atoms with E-state index in [1.54, 1.807) is 19.3 Å². The van der Waals surface area contributed by atoms with Crippen LogP contribution in [0.3, 0.4) is 0 Å². The zero-order valence-corrected chi connectivity index (χ0v) is 10.9. The first-order valence-corrected chi connectivity index (χ1v) is 6.46. The number of carbonyl (C=O) groups excluding carboxylic acids is 1. The molecule has 0 bridgehead atoms. The molecule has 0 atom stereocenters. The molecule has 0 unspecified atom stereocenters. The van der Waals surface area contributed by atoms with Gasteiger partial charge in [-0.1, -0.05) is 0 Å². The molecule has 0 spiro atoms. The Kier molecular flexibility index (Phi) is 2.85. The van der Waals surface area contributed by atoms with Gasteiger partial charge in [-0.2, -0.15) is 0 Å². The summed E-state index contributed by atoms with van der Waals surface area (Å²) in [5, 5.41) is 0. The lowest BCUT2D eigenvalue weighted by molar-refractivity contribution is -0.130. The number of amides is 1. The molecule has 1 amide bonds. The van der Waals surface area contributed by atoms with Crippen LogP contribution in [0, 0.1) is 0 Å². The van der Waals surface area contributed by atoms with Crippen molar-refractivity contribution in [1.29, 1.82) is 0 Å². The summed E-state index contributed by atoms with van der Waals surface area (Å²) in [6, 6.07) is 3.60. The topological polar surface area (TPSA) is 60.1 Å². The fourth-order valence-electron chi connectivity index (χ4n) is 2.59. The maximum Gasteiger partial charge on any atom is 0.330 e. The zero-order chi connectivity index (χ0) is 13.4. The number of aryl methyl sites for hydroxylation is 1. The molecule has 1 aliphatic heterocycles. The van der Waals surface area contributed by atoms with Gasteiger partial charge < -0.3 is 4.90 Å². The summed E-state index contributed by atoms with van der Waals surface area (Å²) in [5.41, 5.74) is 1.13. The van der Waals surface area contributed by atoms with Gasteiger partial charge in [0.2, 0.25) is 5.91 Å². The number of likely N-dealkylation sites (tertiary alicyclic amines) is 1.